The third kappa shape index (κ3) is 3.17. The molecular weight excluding hydrogens is 365 g/mol. The highest BCUT2D eigenvalue weighted by atomic mass is 127. The minimum Gasteiger partial charge on any atom is -0.478 e. The first-order chi connectivity index (χ1) is 8.58. The molecule has 1 atom stereocenters. The number of carbonyl (C=O) groups is 2. The van der Waals surface area contributed by atoms with E-state index in [1.165, 1.54) is 12.1 Å². The fraction of sp³-hybridized carbons (Fsp3) is 0.333. The minimum absolute atomic E-state index is 0.0135. The summed E-state index contributed by atoms with van der Waals surface area (Å²) in [4.78, 5) is 22.9. The average molecular weight is 377 g/mol. The summed E-state index contributed by atoms with van der Waals surface area (Å²) in [5.41, 5.74) is 0.768. The number of thioether (sulfide) groups is 1. The number of hydrogen-bond donors (Lipinski definition) is 2. The van der Waals surface area contributed by atoms with Crippen molar-refractivity contribution in [3.8, 4) is 0 Å². The monoisotopic (exact) mass is 377 g/mol. The molecule has 1 unspecified atom stereocenters. The van der Waals surface area contributed by atoms with Crippen molar-refractivity contribution in [2.45, 2.75) is 6.42 Å². The molecule has 96 valence electrons. The molecule has 1 saturated heterocycles. The van der Waals surface area contributed by atoms with Crippen molar-refractivity contribution < 1.29 is 14.7 Å². The van der Waals surface area contributed by atoms with Crippen LogP contribution in [-0.2, 0) is 4.79 Å². The Morgan fingerprint density at radius 3 is 2.83 bits per heavy atom. The molecule has 1 aromatic rings. The van der Waals surface area contributed by atoms with E-state index < -0.39 is 5.97 Å². The second kappa shape index (κ2) is 5.92. The van der Waals surface area contributed by atoms with Gasteiger partial charge >= 0.3 is 5.97 Å². The Morgan fingerprint density at radius 2 is 2.22 bits per heavy atom. The van der Waals surface area contributed by atoms with Gasteiger partial charge in [-0.05, 0) is 53.0 Å². The van der Waals surface area contributed by atoms with Gasteiger partial charge in [0, 0.05) is 15.2 Å². The number of amides is 1. The average Bonchev–Trinajstić information content (AvgIpc) is 2.85. The predicted molar refractivity (Wildman–Crippen MR) is 80.2 cm³/mol. The Labute approximate surface area is 123 Å². The molecule has 18 heavy (non-hydrogen) atoms. The lowest BCUT2D eigenvalue weighted by atomic mass is 10.1. The first-order valence-corrected chi connectivity index (χ1v) is 7.72. The van der Waals surface area contributed by atoms with E-state index >= 15 is 0 Å². The lowest BCUT2D eigenvalue weighted by Gasteiger charge is -2.11. The Hall–Kier alpha value is -0.760. The topological polar surface area (TPSA) is 66.4 Å². The molecule has 1 aliphatic rings. The highest BCUT2D eigenvalue weighted by Crippen LogP contribution is 2.26. The number of anilines is 1. The van der Waals surface area contributed by atoms with Crippen LogP contribution in [0.1, 0.15) is 16.8 Å². The zero-order valence-electron chi connectivity index (χ0n) is 9.48. The largest absolute Gasteiger partial charge is 0.478 e. The van der Waals surface area contributed by atoms with Crippen molar-refractivity contribution in [2.75, 3.05) is 16.8 Å². The van der Waals surface area contributed by atoms with Crippen molar-refractivity contribution in [3.05, 3.63) is 27.3 Å². The normalized spacial score (nSPS) is 18.6. The van der Waals surface area contributed by atoms with Crippen molar-refractivity contribution in [1.29, 1.82) is 0 Å². The second-order valence-corrected chi connectivity index (χ2v) is 6.36. The van der Waals surface area contributed by atoms with Crippen LogP contribution < -0.4 is 5.32 Å². The fourth-order valence-corrected chi connectivity index (χ4v) is 3.42. The Bertz CT molecular complexity index is 486. The molecule has 0 aliphatic carbocycles. The van der Waals surface area contributed by atoms with E-state index in [9.17, 15) is 9.59 Å². The number of carbonyl (C=O) groups excluding carboxylic acids is 1. The number of halogens is 1. The lowest BCUT2D eigenvalue weighted by molar-refractivity contribution is -0.119. The molecule has 0 radical (unpaired) electrons. The highest BCUT2D eigenvalue weighted by molar-refractivity contribution is 14.1. The maximum Gasteiger partial charge on any atom is 0.335 e. The molecule has 1 fully saturated rings. The van der Waals surface area contributed by atoms with Crippen LogP contribution in [-0.4, -0.2) is 28.5 Å². The van der Waals surface area contributed by atoms with Crippen LogP contribution in [0.4, 0.5) is 5.69 Å². The summed E-state index contributed by atoms with van der Waals surface area (Å²) in [6.45, 7) is 0. The summed E-state index contributed by atoms with van der Waals surface area (Å²) < 4.78 is 0.844. The van der Waals surface area contributed by atoms with Crippen molar-refractivity contribution in [2.24, 2.45) is 5.92 Å². The summed E-state index contributed by atoms with van der Waals surface area (Å²) >= 11 is 3.86. The van der Waals surface area contributed by atoms with Crippen LogP contribution in [0.3, 0.4) is 0 Å². The van der Waals surface area contributed by atoms with E-state index in [2.05, 4.69) is 27.9 Å². The predicted octanol–water partition coefficient (Wildman–Crippen LogP) is 2.68. The van der Waals surface area contributed by atoms with Gasteiger partial charge in [0.2, 0.25) is 5.91 Å². The summed E-state index contributed by atoms with van der Waals surface area (Å²) in [7, 11) is 0. The molecule has 0 aromatic heterocycles. The molecule has 1 aromatic carbocycles. The summed E-state index contributed by atoms with van der Waals surface area (Å²) in [5.74, 6) is 0.906. The Kier molecular flexibility index (Phi) is 4.50. The third-order valence-corrected chi connectivity index (χ3v) is 4.87. The van der Waals surface area contributed by atoms with E-state index in [1.54, 1.807) is 17.8 Å². The van der Waals surface area contributed by atoms with Gasteiger partial charge in [-0.2, -0.15) is 11.8 Å². The van der Waals surface area contributed by atoms with Gasteiger partial charge in [-0.3, -0.25) is 4.79 Å². The van der Waals surface area contributed by atoms with Gasteiger partial charge in [0.1, 0.15) is 0 Å². The van der Waals surface area contributed by atoms with Crippen LogP contribution in [0.2, 0.25) is 0 Å². The van der Waals surface area contributed by atoms with E-state index in [0.29, 0.717) is 5.69 Å². The van der Waals surface area contributed by atoms with E-state index in [4.69, 9.17) is 5.11 Å². The maximum absolute atomic E-state index is 12.0. The number of nitrogens with one attached hydrogen (secondary N) is 1. The standard InChI is InChI=1S/C12H12INO3S/c13-9-2-1-7(12(16)17)5-10(9)14-11(15)8-3-4-18-6-8/h1-2,5,8H,3-4,6H2,(H,14,15)(H,16,17). The van der Waals surface area contributed by atoms with E-state index in [0.717, 1.165) is 21.5 Å². The zero-order valence-corrected chi connectivity index (χ0v) is 12.5. The van der Waals surface area contributed by atoms with Crippen LogP contribution >= 0.6 is 34.4 Å². The van der Waals surface area contributed by atoms with E-state index in [1.807, 2.05) is 0 Å². The molecule has 0 saturated carbocycles. The number of rotatable bonds is 3. The molecule has 1 heterocycles. The van der Waals surface area contributed by atoms with Crippen molar-refractivity contribution in [1.82, 2.24) is 0 Å². The van der Waals surface area contributed by atoms with Crippen LogP contribution in [0.5, 0.6) is 0 Å². The zero-order chi connectivity index (χ0) is 13.1. The fourth-order valence-electron chi connectivity index (χ4n) is 1.73. The second-order valence-electron chi connectivity index (χ2n) is 4.05. The first-order valence-electron chi connectivity index (χ1n) is 5.49. The lowest BCUT2D eigenvalue weighted by Crippen LogP contribution is -2.23. The van der Waals surface area contributed by atoms with Crippen LogP contribution in [0, 0.1) is 9.49 Å². The number of hydrogen-bond acceptors (Lipinski definition) is 3. The quantitative estimate of drug-likeness (QED) is 0.795. The number of aromatic carboxylic acids is 1. The third-order valence-electron chi connectivity index (χ3n) is 2.77. The first kappa shape index (κ1) is 13.7. The highest BCUT2D eigenvalue weighted by Gasteiger charge is 2.23. The summed E-state index contributed by atoms with van der Waals surface area (Å²) in [6, 6.07) is 4.73. The SMILES string of the molecule is O=C(O)c1ccc(I)c(NC(=O)C2CCSC2)c1. The van der Waals surface area contributed by atoms with Crippen LogP contribution in [0.25, 0.3) is 0 Å². The number of carboxylic acids is 1. The molecule has 0 spiro atoms. The Morgan fingerprint density at radius 1 is 1.44 bits per heavy atom. The molecule has 1 amide bonds. The molecule has 6 heteroatoms. The molecule has 4 nitrogen and oxygen atoms in total. The number of benzene rings is 1. The van der Waals surface area contributed by atoms with Gasteiger partial charge in [0.25, 0.3) is 0 Å². The molecular formula is C12H12INO3S. The van der Waals surface area contributed by atoms with Gasteiger partial charge in [0.05, 0.1) is 11.3 Å². The van der Waals surface area contributed by atoms with Crippen LogP contribution in [0.15, 0.2) is 18.2 Å². The molecule has 1 aliphatic heterocycles. The summed E-state index contributed by atoms with van der Waals surface area (Å²) in [5, 5.41) is 11.8. The summed E-state index contributed by atoms with van der Waals surface area (Å²) in [6.07, 6.45) is 0.895. The van der Waals surface area contributed by atoms with Gasteiger partial charge in [0.15, 0.2) is 0 Å². The maximum atomic E-state index is 12.0. The van der Waals surface area contributed by atoms with Crippen molar-refractivity contribution >= 4 is 51.9 Å². The molecule has 0 bridgehead atoms. The smallest absolute Gasteiger partial charge is 0.335 e. The van der Waals surface area contributed by atoms with Crippen molar-refractivity contribution in [3.63, 3.8) is 0 Å². The van der Waals surface area contributed by atoms with Gasteiger partial charge in [-0.15, -0.1) is 0 Å². The molecule has 2 N–H and O–H groups in total. The number of carboxylic acid groups (broad SMARTS) is 1. The van der Waals surface area contributed by atoms with Gasteiger partial charge in [-0.1, -0.05) is 0 Å². The minimum atomic E-state index is -0.988. The van der Waals surface area contributed by atoms with E-state index in [-0.39, 0.29) is 17.4 Å². The Balaban J connectivity index is 2.14. The van der Waals surface area contributed by atoms with Gasteiger partial charge < -0.3 is 10.4 Å². The molecule has 2 rings (SSSR count). The van der Waals surface area contributed by atoms with Gasteiger partial charge in [-0.25, -0.2) is 4.79 Å².